The molecule has 0 unspecified atom stereocenters. The third kappa shape index (κ3) is 3.88. The summed E-state index contributed by atoms with van der Waals surface area (Å²) in [5, 5.41) is 3.06. The predicted octanol–water partition coefficient (Wildman–Crippen LogP) is 3.83. The molecule has 1 aliphatic heterocycles. The third-order valence-electron chi connectivity index (χ3n) is 4.61. The maximum Gasteiger partial charge on any atom is 0.228 e. The number of anilines is 3. The lowest BCUT2D eigenvalue weighted by Crippen LogP contribution is -2.38. The van der Waals surface area contributed by atoms with Crippen molar-refractivity contribution in [2.45, 2.75) is 38.6 Å². The topological polar surface area (TPSA) is 58.4 Å². The molecule has 3 N–H and O–H groups in total. The van der Waals surface area contributed by atoms with Crippen LogP contribution in [0.2, 0.25) is 0 Å². The van der Waals surface area contributed by atoms with Crippen LogP contribution in [0.25, 0.3) is 0 Å². The fourth-order valence-corrected chi connectivity index (χ4v) is 3.34. The Labute approximate surface area is 143 Å². The van der Waals surface area contributed by atoms with E-state index in [-0.39, 0.29) is 5.91 Å². The first-order chi connectivity index (χ1) is 11.6. The van der Waals surface area contributed by atoms with Gasteiger partial charge in [0.05, 0.1) is 17.8 Å². The summed E-state index contributed by atoms with van der Waals surface area (Å²) in [4.78, 5) is 14.8. The van der Waals surface area contributed by atoms with Crippen LogP contribution < -0.4 is 16.0 Å². The van der Waals surface area contributed by atoms with Gasteiger partial charge in [-0.2, -0.15) is 0 Å². The van der Waals surface area contributed by atoms with Crippen LogP contribution in [0, 0.1) is 0 Å². The second-order valence-corrected chi connectivity index (χ2v) is 6.53. The van der Waals surface area contributed by atoms with Crippen LogP contribution in [0.15, 0.2) is 48.5 Å². The maximum atomic E-state index is 12.4. The van der Waals surface area contributed by atoms with Gasteiger partial charge in [0.15, 0.2) is 0 Å². The summed E-state index contributed by atoms with van der Waals surface area (Å²) >= 11 is 0. The fourth-order valence-electron chi connectivity index (χ4n) is 3.34. The van der Waals surface area contributed by atoms with Gasteiger partial charge in [0.1, 0.15) is 0 Å². The fraction of sp³-hybridized carbons (Fsp3) is 0.350. The summed E-state index contributed by atoms with van der Waals surface area (Å²) in [6, 6.07) is 16.0. The van der Waals surface area contributed by atoms with E-state index < -0.39 is 0 Å². The normalized spacial score (nSPS) is 17.5. The van der Waals surface area contributed by atoms with Gasteiger partial charge in [0.2, 0.25) is 5.91 Å². The number of nitrogens with zero attached hydrogens (tertiary/aromatic N) is 1. The van der Waals surface area contributed by atoms with Gasteiger partial charge in [-0.05, 0) is 49.9 Å². The standard InChI is InChI=1S/C20H25N3O/c1-15-7-5-6-12-23(15)19-11-10-17(21)14-18(19)22-20(24)13-16-8-3-2-4-9-16/h2-4,8-11,14-15H,5-7,12-13,21H2,1H3,(H,22,24)/t15-/m0/s1. The number of nitrogens with two attached hydrogens (primary N) is 1. The Hall–Kier alpha value is -2.49. The number of amides is 1. The van der Waals surface area contributed by atoms with E-state index in [0.29, 0.717) is 18.2 Å². The van der Waals surface area contributed by atoms with Crippen LogP contribution in [-0.4, -0.2) is 18.5 Å². The second kappa shape index (κ2) is 7.39. The summed E-state index contributed by atoms with van der Waals surface area (Å²) < 4.78 is 0. The highest BCUT2D eigenvalue weighted by Crippen LogP contribution is 2.33. The quantitative estimate of drug-likeness (QED) is 0.841. The minimum Gasteiger partial charge on any atom is -0.399 e. The number of nitrogens with one attached hydrogen (secondary N) is 1. The molecule has 0 radical (unpaired) electrons. The summed E-state index contributed by atoms with van der Waals surface area (Å²) in [5.41, 5.74) is 9.50. The van der Waals surface area contributed by atoms with Crippen LogP contribution in [0.4, 0.5) is 17.1 Å². The van der Waals surface area contributed by atoms with Crippen LogP contribution in [0.1, 0.15) is 31.7 Å². The van der Waals surface area contributed by atoms with E-state index >= 15 is 0 Å². The average Bonchev–Trinajstić information content (AvgIpc) is 2.57. The van der Waals surface area contributed by atoms with E-state index in [4.69, 9.17) is 5.73 Å². The molecule has 2 aromatic rings. The van der Waals surface area contributed by atoms with E-state index in [2.05, 4.69) is 17.1 Å². The zero-order valence-electron chi connectivity index (χ0n) is 14.2. The van der Waals surface area contributed by atoms with Gasteiger partial charge < -0.3 is 16.0 Å². The first kappa shape index (κ1) is 16.4. The smallest absolute Gasteiger partial charge is 0.228 e. The number of carbonyl (C=O) groups excluding carboxylic acids is 1. The highest BCUT2D eigenvalue weighted by atomic mass is 16.1. The SMILES string of the molecule is C[C@H]1CCCCN1c1ccc(N)cc1NC(=O)Cc1ccccc1. The minimum atomic E-state index is -0.0160. The zero-order valence-corrected chi connectivity index (χ0v) is 14.2. The molecule has 3 rings (SSSR count). The molecule has 0 saturated carbocycles. The largest absolute Gasteiger partial charge is 0.399 e. The molecule has 126 valence electrons. The van der Waals surface area contributed by atoms with Gasteiger partial charge in [-0.1, -0.05) is 30.3 Å². The number of benzene rings is 2. The molecule has 1 atom stereocenters. The van der Waals surface area contributed by atoms with Gasteiger partial charge in [-0.3, -0.25) is 4.79 Å². The zero-order chi connectivity index (χ0) is 16.9. The molecule has 0 aromatic heterocycles. The average molecular weight is 323 g/mol. The molecule has 1 amide bonds. The Balaban J connectivity index is 1.79. The molecule has 1 fully saturated rings. The Morgan fingerprint density at radius 3 is 2.75 bits per heavy atom. The van der Waals surface area contributed by atoms with Crippen molar-refractivity contribution in [3.8, 4) is 0 Å². The molecule has 1 heterocycles. The van der Waals surface area contributed by atoms with Crippen molar-refractivity contribution < 1.29 is 4.79 Å². The Kier molecular flexibility index (Phi) is 5.04. The number of nitrogen functional groups attached to an aromatic ring is 1. The lowest BCUT2D eigenvalue weighted by molar-refractivity contribution is -0.115. The molecular weight excluding hydrogens is 298 g/mol. The number of hydrogen-bond acceptors (Lipinski definition) is 3. The van der Waals surface area contributed by atoms with Crippen molar-refractivity contribution in [2.24, 2.45) is 0 Å². The lowest BCUT2D eigenvalue weighted by Gasteiger charge is -2.36. The molecule has 0 bridgehead atoms. The van der Waals surface area contributed by atoms with Crippen LogP contribution in [0.3, 0.4) is 0 Å². The molecular formula is C20H25N3O. The van der Waals surface area contributed by atoms with Crippen molar-refractivity contribution >= 4 is 23.0 Å². The van der Waals surface area contributed by atoms with Crippen LogP contribution in [0.5, 0.6) is 0 Å². The van der Waals surface area contributed by atoms with Gasteiger partial charge in [0, 0.05) is 18.3 Å². The van der Waals surface area contributed by atoms with E-state index in [1.54, 1.807) is 0 Å². The highest BCUT2D eigenvalue weighted by molar-refractivity contribution is 5.96. The molecule has 2 aromatic carbocycles. The van der Waals surface area contributed by atoms with Crippen LogP contribution >= 0.6 is 0 Å². The third-order valence-corrected chi connectivity index (χ3v) is 4.61. The Bertz CT molecular complexity index is 699. The second-order valence-electron chi connectivity index (χ2n) is 6.53. The summed E-state index contributed by atoms with van der Waals surface area (Å²) in [6.07, 6.45) is 4.00. The van der Waals surface area contributed by atoms with E-state index in [9.17, 15) is 4.79 Å². The van der Waals surface area contributed by atoms with Gasteiger partial charge in [-0.15, -0.1) is 0 Å². The van der Waals surface area contributed by atoms with Gasteiger partial charge in [-0.25, -0.2) is 0 Å². The van der Waals surface area contributed by atoms with E-state index in [0.717, 1.165) is 23.5 Å². The van der Waals surface area contributed by atoms with Crippen molar-refractivity contribution in [3.63, 3.8) is 0 Å². The van der Waals surface area contributed by atoms with Crippen molar-refractivity contribution in [1.82, 2.24) is 0 Å². The monoisotopic (exact) mass is 323 g/mol. The first-order valence-corrected chi connectivity index (χ1v) is 8.63. The molecule has 4 heteroatoms. The van der Waals surface area contributed by atoms with Crippen molar-refractivity contribution in [1.29, 1.82) is 0 Å². The lowest BCUT2D eigenvalue weighted by atomic mass is 10.0. The molecule has 1 aliphatic rings. The van der Waals surface area contributed by atoms with E-state index in [1.807, 2.05) is 48.5 Å². The van der Waals surface area contributed by atoms with Crippen molar-refractivity contribution in [2.75, 3.05) is 22.5 Å². The molecule has 0 aliphatic carbocycles. The molecule has 0 spiro atoms. The van der Waals surface area contributed by atoms with Crippen LogP contribution in [-0.2, 0) is 11.2 Å². The van der Waals surface area contributed by atoms with Gasteiger partial charge in [0.25, 0.3) is 0 Å². The van der Waals surface area contributed by atoms with E-state index in [1.165, 1.54) is 19.3 Å². The number of hydrogen-bond donors (Lipinski definition) is 2. The number of carbonyl (C=O) groups is 1. The summed E-state index contributed by atoms with van der Waals surface area (Å²) in [6.45, 7) is 3.26. The summed E-state index contributed by atoms with van der Waals surface area (Å²) in [5.74, 6) is -0.0160. The number of piperidine rings is 1. The van der Waals surface area contributed by atoms with Crippen molar-refractivity contribution in [3.05, 3.63) is 54.1 Å². The molecule has 4 nitrogen and oxygen atoms in total. The molecule has 24 heavy (non-hydrogen) atoms. The Morgan fingerprint density at radius 2 is 2.00 bits per heavy atom. The summed E-state index contributed by atoms with van der Waals surface area (Å²) in [7, 11) is 0. The Morgan fingerprint density at radius 1 is 1.21 bits per heavy atom. The number of rotatable bonds is 4. The highest BCUT2D eigenvalue weighted by Gasteiger charge is 2.21. The van der Waals surface area contributed by atoms with Gasteiger partial charge >= 0.3 is 0 Å². The first-order valence-electron chi connectivity index (χ1n) is 8.63. The predicted molar refractivity (Wildman–Crippen MR) is 100 cm³/mol. The maximum absolute atomic E-state index is 12.4. The minimum absolute atomic E-state index is 0.0160. The molecule has 1 saturated heterocycles.